The molecule has 3 aromatic heterocycles. The Kier molecular flexibility index (Phi) is 4.94. The number of rotatable bonds is 6. The molecule has 1 aromatic carbocycles. The Morgan fingerprint density at radius 3 is 2.37 bits per heavy atom. The Bertz CT molecular complexity index is 1180. The van der Waals surface area contributed by atoms with Crippen molar-refractivity contribution < 1.29 is 23.1 Å². The number of benzene rings is 1. The van der Waals surface area contributed by atoms with Crippen LogP contribution in [-0.4, -0.2) is 39.9 Å². The van der Waals surface area contributed by atoms with Crippen LogP contribution < -0.4 is 9.47 Å². The summed E-state index contributed by atoms with van der Waals surface area (Å²) in [6.07, 6.45) is 3.11. The van der Waals surface area contributed by atoms with E-state index in [0.29, 0.717) is 58.3 Å². The third kappa shape index (κ3) is 3.67. The van der Waals surface area contributed by atoms with Crippen LogP contribution in [0.3, 0.4) is 0 Å². The van der Waals surface area contributed by atoms with Crippen LogP contribution in [0.2, 0.25) is 0 Å². The fraction of sp³-hybridized carbons (Fsp3) is 0.143. The zero-order valence-corrected chi connectivity index (χ0v) is 16.4. The van der Waals surface area contributed by atoms with E-state index in [-0.39, 0.29) is 11.5 Å². The number of ketones is 1. The molecular weight excluding hydrogens is 406 g/mol. The minimum atomic E-state index is -0.0739. The summed E-state index contributed by atoms with van der Waals surface area (Å²) in [6, 6.07) is 12.3. The van der Waals surface area contributed by atoms with Crippen LogP contribution in [0.5, 0.6) is 11.5 Å². The number of furan rings is 2. The topological polar surface area (TPSA) is 100 Å². The van der Waals surface area contributed by atoms with Gasteiger partial charge in [0, 0.05) is 5.56 Å². The molecule has 0 radical (unpaired) electrons. The lowest BCUT2D eigenvalue weighted by Gasteiger charge is -2.18. The van der Waals surface area contributed by atoms with Crippen molar-refractivity contribution in [2.45, 2.75) is 5.16 Å². The van der Waals surface area contributed by atoms with Crippen molar-refractivity contribution in [3.63, 3.8) is 0 Å². The van der Waals surface area contributed by atoms with Gasteiger partial charge in [0.15, 0.2) is 34.5 Å². The Morgan fingerprint density at radius 2 is 1.63 bits per heavy atom. The molecule has 0 N–H and O–H groups in total. The van der Waals surface area contributed by atoms with Crippen molar-refractivity contribution >= 4 is 17.5 Å². The number of ether oxygens (including phenoxy) is 2. The van der Waals surface area contributed by atoms with Gasteiger partial charge in [-0.05, 0) is 42.5 Å². The van der Waals surface area contributed by atoms with Gasteiger partial charge in [-0.3, -0.25) is 4.79 Å². The zero-order valence-electron chi connectivity index (χ0n) is 15.6. The van der Waals surface area contributed by atoms with Gasteiger partial charge in [0.25, 0.3) is 0 Å². The molecule has 9 heteroatoms. The minimum absolute atomic E-state index is 0.0739. The van der Waals surface area contributed by atoms with E-state index in [0.717, 1.165) is 0 Å². The van der Waals surface area contributed by atoms with Gasteiger partial charge in [-0.2, -0.15) is 0 Å². The van der Waals surface area contributed by atoms with Crippen molar-refractivity contribution in [3.05, 3.63) is 60.6 Å². The summed E-state index contributed by atoms with van der Waals surface area (Å²) in [6.45, 7) is 0.975. The maximum absolute atomic E-state index is 12.6. The van der Waals surface area contributed by atoms with Crippen LogP contribution in [0, 0.1) is 0 Å². The molecule has 30 heavy (non-hydrogen) atoms. The standard InChI is InChI=1S/C21H15N3O5S/c25-14(13-5-6-15-18(11-13)29-10-9-28-15)12-30-21-22-19(16-3-1-7-26-16)20(23-24-21)17-4-2-8-27-17/h1-8,11H,9-10,12H2. The average molecular weight is 421 g/mol. The average Bonchev–Trinajstić information content (AvgIpc) is 3.51. The third-order valence-electron chi connectivity index (χ3n) is 4.37. The first-order chi connectivity index (χ1) is 14.8. The van der Waals surface area contributed by atoms with E-state index in [9.17, 15) is 4.79 Å². The fourth-order valence-corrected chi connectivity index (χ4v) is 3.65. The third-order valence-corrected chi connectivity index (χ3v) is 5.21. The molecule has 0 unspecified atom stereocenters. The van der Waals surface area contributed by atoms with E-state index in [1.165, 1.54) is 11.8 Å². The van der Waals surface area contributed by atoms with E-state index in [1.807, 2.05) is 0 Å². The number of hydrogen-bond donors (Lipinski definition) is 0. The van der Waals surface area contributed by atoms with Crippen molar-refractivity contribution in [1.82, 2.24) is 15.2 Å². The van der Waals surface area contributed by atoms with Crippen LogP contribution in [-0.2, 0) is 0 Å². The number of nitrogens with zero attached hydrogens (tertiary/aromatic N) is 3. The smallest absolute Gasteiger partial charge is 0.210 e. The fourth-order valence-electron chi connectivity index (χ4n) is 2.97. The van der Waals surface area contributed by atoms with E-state index in [2.05, 4.69) is 15.2 Å². The SMILES string of the molecule is O=C(CSc1nnc(-c2ccco2)c(-c2ccco2)n1)c1ccc2c(c1)OCCO2. The van der Waals surface area contributed by atoms with Gasteiger partial charge < -0.3 is 18.3 Å². The predicted octanol–water partition coefficient (Wildman–Crippen LogP) is 4.14. The van der Waals surface area contributed by atoms with Crippen molar-refractivity contribution in [2.75, 3.05) is 19.0 Å². The second-order valence-electron chi connectivity index (χ2n) is 6.32. The van der Waals surface area contributed by atoms with Crippen molar-refractivity contribution in [1.29, 1.82) is 0 Å². The molecular formula is C21H15N3O5S. The maximum Gasteiger partial charge on any atom is 0.210 e. The molecule has 0 amide bonds. The Labute approximate surface area is 175 Å². The summed E-state index contributed by atoms with van der Waals surface area (Å²) in [5.74, 6) is 2.38. The predicted molar refractivity (Wildman–Crippen MR) is 108 cm³/mol. The largest absolute Gasteiger partial charge is 0.486 e. The summed E-state index contributed by atoms with van der Waals surface area (Å²) >= 11 is 1.20. The van der Waals surface area contributed by atoms with Gasteiger partial charge in [-0.25, -0.2) is 4.98 Å². The molecule has 0 saturated carbocycles. The number of Topliss-reactive ketones (excluding diaryl/α,β-unsaturated/α-hetero) is 1. The monoisotopic (exact) mass is 421 g/mol. The Morgan fingerprint density at radius 1 is 0.900 bits per heavy atom. The van der Waals surface area contributed by atoms with Crippen LogP contribution in [0.15, 0.2) is 69.0 Å². The molecule has 5 rings (SSSR count). The summed E-state index contributed by atoms with van der Waals surface area (Å²) in [7, 11) is 0. The van der Waals surface area contributed by atoms with E-state index in [1.54, 1.807) is 55.0 Å². The number of thioether (sulfide) groups is 1. The summed E-state index contributed by atoms with van der Waals surface area (Å²) < 4.78 is 22.0. The molecule has 0 bridgehead atoms. The minimum Gasteiger partial charge on any atom is -0.486 e. The summed E-state index contributed by atoms with van der Waals surface area (Å²) in [4.78, 5) is 17.2. The first kappa shape index (κ1) is 18.4. The van der Waals surface area contributed by atoms with E-state index in [4.69, 9.17) is 18.3 Å². The van der Waals surface area contributed by atoms with E-state index >= 15 is 0 Å². The second-order valence-corrected chi connectivity index (χ2v) is 7.26. The normalized spacial score (nSPS) is 12.7. The zero-order chi connectivity index (χ0) is 20.3. The Balaban J connectivity index is 1.36. The van der Waals surface area contributed by atoms with Crippen LogP contribution in [0.4, 0.5) is 0 Å². The number of aromatic nitrogens is 3. The molecule has 0 saturated heterocycles. The van der Waals surface area contributed by atoms with Gasteiger partial charge in [-0.1, -0.05) is 11.8 Å². The lowest BCUT2D eigenvalue weighted by atomic mass is 10.1. The number of carbonyl (C=O) groups is 1. The number of fused-ring (bicyclic) bond motifs is 1. The highest BCUT2D eigenvalue weighted by Crippen LogP contribution is 2.32. The van der Waals surface area contributed by atoms with Crippen molar-refractivity contribution in [2.24, 2.45) is 0 Å². The number of hydrogen-bond acceptors (Lipinski definition) is 9. The molecule has 0 fully saturated rings. The summed E-state index contributed by atoms with van der Waals surface area (Å²) in [5, 5.41) is 8.76. The Hall–Kier alpha value is -3.59. The summed E-state index contributed by atoms with van der Waals surface area (Å²) in [5.41, 5.74) is 1.51. The van der Waals surface area contributed by atoms with Crippen LogP contribution in [0.1, 0.15) is 10.4 Å². The molecule has 1 aliphatic rings. The highest BCUT2D eigenvalue weighted by atomic mass is 32.2. The van der Waals surface area contributed by atoms with E-state index < -0.39 is 0 Å². The second kappa shape index (κ2) is 8.03. The van der Waals surface area contributed by atoms with Crippen LogP contribution in [0.25, 0.3) is 22.9 Å². The highest BCUT2D eigenvalue weighted by Gasteiger charge is 2.19. The van der Waals surface area contributed by atoms with Gasteiger partial charge in [-0.15, -0.1) is 10.2 Å². The first-order valence-electron chi connectivity index (χ1n) is 9.16. The van der Waals surface area contributed by atoms with Gasteiger partial charge in [0.1, 0.15) is 18.9 Å². The number of carbonyl (C=O) groups excluding carboxylic acids is 1. The molecule has 0 spiro atoms. The van der Waals surface area contributed by atoms with Gasteiger partial charge in [0.05, 0.1) is 18.3 Å². The highest BCUT2D eigenvalue weighted by molar-refractivity contribution is 7.99. The molecule has 4 aromatic rings. The van der Waals surface area contributed by atoms with Gasteiger partial charge in [0.2, 0.25) is 5.16 Å². The first-order valence-corrected chi connectivity index (χ1v) is 10.1. The molecule has 8 nitrogen and oxygen atoms in total. The quantitative estimate of drug-likeness (QED) is 0.336. The molecule has 150 valence electrons. The maximum atomic E-state index is 12.6. The molecule has 0 aliphatic carbocycles. The molecule has 1 aliphatic heterocycles. The molecule has 0 atom stereocenters. The molecule has 4 heterocycles. The lowest BCUT2D eigenvalue weighted by molar-refractivity contribution is 0.102. The van der Waals surface area contributed by atoms with Crippen LogP contribution >= 0.6 is 11.8 Å². The lowest BCUT2D eigenvalue weighted by Crippen LogP contribution is -2.16. The van der Waals surface area contributed by atoms with Gasteiger partial charge >= 0.3 is 0 Å². The van der Waals surface area contributed by atoms with Crippen molar-refractivity contribution in [3.8, 4) is 34.4 Å².